The van der Waals surface area contributed by atoms with Crippen LogP contribution in [0, 0.1) is 0 Å². The second-order valence-corrected chi connectivity index (χ2v) is 6.59. The largest absolute Gasteiger partial charge is 0.497 e. The fourth-order valence-corrected chi connectivity index (χ4v) is 3.04. The van der Waals surface area contributed by atoms with Crippen molar-refractivity contribution in [2.24, 2.45) is 4.99 Å². The molecule has 1 heterocycles. The Hall–Kier alpha value is -3.15. The zero-order valence-electron chi connectivity index (χ0n) is 16.7. The second-order valence-electron chi connectivity index (χ2n) is 6.59. The lowest BCUT2D eigenvalue weighted by Crippen LogP contribution is -2.42. The molecule has 28 heavy (non-hydrogen) atoms. The fourth-order valence-electron chi connectivity index (χ4n) is 3.04. The van der Waals surface area contributed by atoms with Crippen molar-refractivity contribution in [2.45, 2.75) is 19.4 Å². The predicted molar refractivity (Wildman–Crippen MR) is 114 cm³/mol. The first-order valence-electron chi connectivity index (χ1n) is 9.50. The van der Waals surface area contributed by atoms with E-state index in [1.165, 1.54) is 16.5 Å². The molecule has 0 saturated heterocycles. The lowest BCUT2D eigenvalue weighted by molar-refractivity contribution is 0.223. The molecule has 1 aromatic heterocycles. The zero-order valence-corrected chi connectivity index (χ0v) is 16.7. The van der Waals surface area contributed by atoms with Gasteiger partial charge in [-0.2, -0.15) is 0 Å². The van der Waals surface area contributed by atoms with E-state index < -0.39 is 0 Å². The number of aliphatic imine (C=N–C) groups is 1. The topological polar surface area (TPSA) is 70.7 Å². The van der Waals surface area contributed by atoms with Crippen LogP contribution in [0.25, 0.3) is 10.9 Å². The molecule has 0 radical (unpaired) electrons. The van der Waals surface area contributed by atoms with Gasteiger partial charge in [-0.25, -0.2) is 0 Å². The number of benzene rings is 2. The first-order chi connectivity index (χ1) is 13.7. The molecule has 0 aliphatic heterocycles. The molecule has 0 bridgehead atoms. The van der Waals surface area contributed by atoms with E-state index in [0.717, 1.165) is 30.4 Å². The minimum absolute atomic E-state index is 0.000521. The maximum atomic E-state index is 5.92. The number of guanidine groups is 1. The first kappa shape index (κ1) is 19.6. The number of fused-ring (bicyclic) bond motifs is 1. The van der Waals surface area contributed by atoms with Gasteiger partial charge in [0.2, 0.25) is 0 Å². The van der Waals surface area contributed by atoms with Gasteiger partial charge < -0.3 is 25.1 Å². The van der Waals surface area contributed by atoms with E-state index in [4.69, 9.17) is 9.47 Å². The van der Waals surface area contributed by atoms with Crippen molar-refractivity contribution in [1.82, 2.24) is 15.6 Å². The maximum Gasteiger partial charge on any atom is 0.191 e. The van der Waals surface area contributed by atoms with E-state index in [9.17, 15) is 0 Å². The quantitative estimate of drug-likeness (QED) is 0.414. The lowest BCUT2D eigenvalue weighted by Gasteiger charge is -2.18. The van der Waals surface area contributed by atoms with Crippen LogP contribution in [0.1, 0.15) is 12.5 Å². The monoisotopic (exact) mass is 380 g/mol. The molecule has 0 amide bonds. The van der Waals surface area contributed by atoms with Gasteiger partial charge in [0.25, 0.3) is 0 Å². The summed E-state index contributed by atoms with van der Waals surface area (Å²) in [6.45, 7) is 3.48. The summed E-state index contributed by atoms with van der Waals surface area (Å²) in [6, 6.07) is 15.9. The van der Waals surface area contributed by atoms with Crippen LogP contribution in [-0.2, 0) is 6.42 Å². The number of hydrogen-bond acceptors (Lipinski definition) is 3. The Morgan fingerprint density at radius 2 is 1.82 bits per heavy atom. The highest BCUT2D eigenvalue weighted by atomic mass is 16.5. The standard InChI is InChI=1S/C22H28N4O2/c1-16(28-19-10-8-18(27-3)9-11-19)14-26-22(23-2)24-13-12-17-15-25-21-7-5-4-6-20(17)21/h4-11,15-16,25H,12-14H2,1-3H3,(H2,23,24,26). The average molecular weight is 380 g/mol. The van der Waals surface area contributed by atoms with Gasteiger partial charge in [0.15, 0.2) is 5.96 Å². The molecule has 0 spiro atoms. The van der Waals surface area contributed by atoms with Gasteiger partial charge in [-0.3, -0.25) is 4.99 Å². The Bertz CT molecular complexity index is 902. The number of aromatic nitrogens is 1. The molecule has 0 aliphatic carbocycles. The van der Waals surface area contributed by atoms with Gasteiger partial charge in [0.1, 0.15) is 17.6 Å². The molecule has 0 fully saturated rings. The minimum Gasteiger partial charge on any atom is -0.497 e. The number of nitrogens with one attached hydrogen (secondary N) is 3. The number of methoxy groups -OCH3 is 1. The summed E-state index contributed by atoms with van der Waals surface area (Å²) in [7, 11) is 3.43. The van der Waals surface area contributed by atoms with E-state index in [1.807, 2.05) is 37.3 Å². The summed E-state index contributed by atoms with van der Waals surface area (Å²) in [6.07, 6.45) is 3.00. The van der Waals surface area contributed by atoms with Crippen LogP contribution in [0.5, 0.6) is 11.5 Å². The molecule has 6 heteroatoms. The maximum absolute atomic E-state index is 5.92. The highest BCUT2D eigenvalue weighted by molar-refractivity contribution is 5.83. The molecule has 0 aliphatic rings. The molecule has 1 unspecified atom stereocenters. The van der Waals surface area contributed by atoms with E-state index in [0.29, 0.717) is 6.54 Å². The molecular weight excluding hydrogens is 352 g/mol. The van der Waals surface area contributed by atoms with Gasteiger partial charge in [0.05, 0.1) is 13.7 Å². The van der Waals surface area contributed by atoms with Crippen LogP contribution in [-0.4, -0.2) is 44.3 Å². The van der Waals surface area contributed by atoms with E-state index in [2.05, 4.69) is 45.0 Å². The number of hydrogen-bond donors (Lipinski definition) is 3. The Labute approximate surface area is 166 Å². The summed E-state index contributed by atoms with van der Waals surface area (Å²) < 4.78 is 11.1. The van der Waals surface area contributed by atoms with Crippen LogP contribution in [0.3, 0.4) is 0 Å². The van der Waals surface area contributed by atoms with Crippen molar-refractivity contribution in [3.8, 4) is 11.5 Å². The zero-order chi connectivity index (χ0) is 19.8. The number of para-hydroxylation sites is 1. The third-order valence-corrected chi connectivity index (χ3v) is 4.54. The Balaban J connectivity index is 1.42. The Morgan fingerprint density at radius 3 is 2.57 bits per heavy atom. The summed E-state index contributed by atoms with van der Waals surface area (Å²) in [5.74, 6) is 2.40. The molecule has 2 aromatic carbocycles. The first-order valence-corrected chi connectivity index (χ1v) is 9.50. The van der Waals surface area contributed by atoms with Crippen molar-refractivity contribution >= 4 is 16.9 Å². The summed E-state index contributed by atoms with van der Waals surface area (Å²) in [5, 5.41) is 7.94. The minimum atomic E-state index is 0.000521. The SMILES string of the molecule is CN=C(NCCc1c[nH]c2ccccc12)NCC(C)Oc1ccc(OC)cc1. The molecule has 6 nitrogen and oxygen atoms in total. The Morgan fingerprint density at radius 1 is 1.07 bits per heavy atom. The third-order valence-electron chi connectivity index (χ3n) is 4.54. The third kappa shape index (κ3) is 5.19. The average Bonchev–Trinajstić information content (AvgIpc) is 3.14. The molecule has 0 saturated carbocycles. The van der Waals surface area contributed by atoms with Gasteiger partial charge in [-0.1, -0.05) is 18.2 Å². The Kier molecular flexibility index (Phi) is 6.78. The molecule has 1 atom stereocenters. The summed E-state index contributed by atoms with van der Waals surface area (Å²) >= 11 is 0. The van der Waals surface area contributed by atoms with Gasteiger partial charge in [0, 0.05) is 30.7 Å². The summed E-state index contributed by atoms with van der Waals surface area (Å²) in [5.41, 5.74) is 2.47. The van der Waals surface area contributed by atoms with Crippen molar-refractivity contribution in [3.05, 3.63) is 60.3 Å². The molecule has 3 rings (SSSR count). The number of nitrogens with zero attached hydrogens (tertiary/aromatic N) is 1. The number of ether oxygens (including phenoxy) is 2. The highest BCUT2D eigenvalue weighted by Crippen LogP contribution is 2.18. The van der Waals surface area contributed by atoms with Crippen molar-refractivity contribution in [3.63, 3.8) is 0 Å². The van der Waals surface area contributed by atoms with Gasteiger partial charge in [-0.15, -0.1) is 0 Å². The van der Waals surface area contributed by atoms with Crippen LogP contribution in [0.4, 0.5) is 0 Å². The van der Waals surface area contributed by atoms with Crippen molar-refractivity contribution in [1.29, 1.82) is 0 Å². The number of aromatic amines is 1. The van der Waals surface area contributed by atoms with E-state index in [-0.39, 0.29) is 6.10 Å². The lowest BCUT2D eigenvalue weighted by atomic mass is 10.1. The smallest absolute Gasteiger partial charge is 0.191 e. The van der Waals surface area contributed by atoms with Crippen LogP contribution in [0.2, 0.25) is 0 Å². The van der Waals surface area contributed by atoms with Crippen LogP contribution >= 0.6 is 0 Å². The van der Waals surface area contributed by atoms with Crippen LogP contribution in [0.15, 0.2) is 59.7 Å². The summed E-state index contributed by atoms with van der Waals surface area (Å²) in [4.78, 5) is 7.60. The molecule has 3 N–H and O–H groups in total. The van der Waals surface area contributed by atoms with E-state index in [1.54, 1.807) is 14.2 Å². The molecule has 3 aromatic rings. The van der Waals surface area contributed by atoms with Gasteiger partial charge in [-0.05, 0) is 49.2 Å². The van der Waals surface area contributed by atoms with Gasteiger partial charge >= 0.3 is 0 Å². The number of rotatable bonds is 8. The highest BCUT2D eigenvalue weighted by Gasteiger charge is 2.07. The normalized spacial score (nSPS) is 12.6. The second kappa shape index (κ2) is 9.69. The fraction of sp³-hybridized carbons (Fsp3) is 0.318. The molecular formula is C22H28N4O2. The van der Waals surface area contributed by atoms with Crippen molar-refractivity contribution in [2.75, 3.05) is 27.2 Å². The number of H-pyrrole nitrogens is 1. The molecule has 148 valence electrons. The van der Waals surface area contributed by atoms with E-state index >= 15 is 0 Å². The predicted octanol–water partition coefficient (Wildman–Crippen LogP) is 3.35. The van der Waals surface area contributed by atoms with Crippen molar-refractivity contribution < 1.29 is 9.47 Å². The van der Waals surface area contributed by atoms with Crippen LogP contribution < -0.4 is 20.1 Å².